The van der Waals surface area contributed by atoms with Gasteiger partial charge in [0.25, 0.3) is 10.0 Å². The maximum Gasteiger partial charge on any atom is 0.273 e. The van der Waals surface area contributed by atoms with Gasteiger partial charge >= 0.3 is 0 Å². The molecule has 0 aliphatic heterocycles. The molecule has 0 bridgehead atoms. The lowest BCUT2D eigenvalue weighted by Gasteiger charge is -2.07. The van der Waals surface area contributed by atoms with Crippen molar-refractivity contribution >= 4 is 49.6 Å². The van der Waals surface area contributed by atoms with Crippen LogP contribution < -0.4 is 4.72 Å². The summed E-state index contributed by atoms with van der Waals surface area (Å²) in [4.78, 5) is 3.90. The van der Waals surface area contributed by atoms with Gasteiger partial charge < -0.3 is 0 Å². The number of anilines is 1. The average Bonchev–Trinajstić information content (AvgIpc) is 2.70. The second-order valence-electron chi connectivity index (χ2n) is 3.43. The Hall–Kier alpha value is -0.740. The second kappa shape index (κ2) is 5.10. The number of aromatic nitrogens is 1. The van der Waals surface area contributed by atoms with Gasteiger partial charge in [0, 0.05) is 3.57 Å². The predicted molar refractivity (Wildman–Crippen MR) is 76.8 cm³/mol. The highest BCUT2D eigenvalue weighted by Crippen LogP contribution is 2.25. The van der Waals surface area contributed by atoms with Gasteiger partial charge in [-0.1, -0.05) is 0 Å². The SMILES string of the molecule is Cc1ncc(S(=O)(=O)Nc2ccc(F)cc2I)s1. The summed E-state index contributed by atoms with van der Waals surface area (Å²) in [6.07, 6.45) is 1.30. The molecule has 0 radical (unpaired) electrons. The Bertz CT molecular complexity index is 685. The number of benzene rings is 1. The van der Waals surface area contributed by atoms with Gasteiger partial charge in [0.1, 0.15) is 5.82 Å². The Kier molecular flexibility index (Phi) is 3.87. The molecule has 2 rings (SSSR count). The van der Waals surface area contributed by atoms with Crippen molar-refractivity contribution in [3.8, 4) is 0 Å². The summed E-state index contributed by atoms with van der Waals surface area (Å²) >= 11 is 2.96. The Morgan fingerprint density at radius 2 is 2.17 bits per heavy atom. The fourth-order valence-corrected chi connectivity index (χ4v) is 4.22. The fraction of sp³-hybridized carbons (Fsp3) is 0.100. The molecular weight excluding hydrogens is 390 g/mol. The van der Waals surface area contributed by atoms with Crippen molar-refractivity contribution in [2.24, 2.45) is 0 Å². The van der Waals surface area contributed by atoms with Crippen LogP contribution in [0.4, 0.5) is 10.1 Å². The van der Waals surface area contributed by atoms with Crippen LogP contribution in [-0.4, -0.2) is 13.4 Å². The summed E-state index contributed by atoms with van der Waals surface area (Å²) < 4.78 is 40.0. The third kappa shape index (κ3) is 2.98. The minimum atomic E-state index is -3.65. The molecule has 2 aromatic rings. The molecule has 0 spiro atoms. The maximum absolute atomic E-state index is 12.9. The molecule has 0 unspecified atom stereocenters. The first-order valence-corrected chi connectivity index (χ1v) is 8.16. The molecule has 4 nitrogen and oxygen atoms in total. The number of hydrogen-bond acceptors (Lipinski definition) is 4. The minimum Gasteiger partial charge on any atom is -0.278 e. The number of aryl methyl sites for hydroxylation is 1. The number of sulfonamides is 1. The lowest BCUT2D eigenvalue weighted by atomic mass is 10.3. The quantitative estimate of drug-likeness (QED) is 0.809. The Morgan fingerprint density at radius 3 is 2.72 bits per heavy atom. The number of hydrogen-bond donors (Lipinski definition) is 1. The molecule has 0 atom stereocenters. The molecule has 96 valence electrons. The van der Waals surface area contributed by atoms with E-state index in [1.165, 1.54) is 24.4 Å². The monoisotopic (exact) mass is 398 g/mol. The molecule has 18 heavy (non-hydrogen) atoms. The molecular formula is C10H8FIN2O2S2. The molecule has 1 heterocycles. The van der Waals surface area contributed by atoms with Crippen LogP contribution >= 0.6 is 33.9 Å². The maximum atomic E-state index is 12.9. The first-order chi connectivity index (χ1) is 8.38. The summed E-state index contributed by atoms with van der Waals surface area (Å²) in [6, 6.07) is 3.86. The van der Waals surface area contributed by atoms with Gasteiger partial charge in [-0.05, 0) is 47.7 Å². The number of nitrogens with zero attached hydrogens (tertiary/aromatic N) is 1. The van der Waals surface area contributed by atoms with Crippen molar-refractivity contribution in [2.45, 2.75) is 11.1 Å². The normalized spacial score (nSPS) is 11.5. The molecule has 0 aliphatic rings. The van der Waals surface area contributed by atoms with Crippen LogP contribution in [0.5, 0.6) is 0 Å². The van der Waals surface area contributed by atoms with E-state index in [1.807, 2.05) is 22.6 Å². The summed E-state index contributed by atoms with van der Waals surface area (Å²) in [5.41, 5.74) is 0.350. The van der Waals surface area contributed by atoms with Gasteiger partial charge in [-0.3, -0.25) is 4.72 Å². The van der Waals surface area contributed by atoms with E-state index in [0.717, 1.165) is 11.3 Å². The third-order valence-electron chi connectivity index (χ3n) is 2.04. The van der Waals surface area contributed by atoms with Crippen molar-refractivity contribution in [1.29, 1.82) is 0 Å². The Morgan fingerprint density at radius 1 is 1.44 bits per heavy atom. The fourth-order valence-electron chi connectivity index (χ4n) is 1.23. The Balaban J connectivity index is 2.33. The lowest BCUT2D eigenvalue weighted by molar-refractivity contribution is 0.602. The van der Waals surface area contributed by atoms with E-state index in [2.05, 4.69) is 9.71 Å². The van der Waals surface area contributed by atoms with Crippen LogP contribution in [0.1, 0.15) is 5.01 Å². The van der Waals surface area contributed by atoms with E-state index in [-0.39, 0.29) is 4.21 Å². The van der Waals surface area contributed by atoms with Crippen molar-refractivity contribution in [1.82, 2.24) is 4.98 Å². The van der Waals surface area contributed by atoms with Crippen molar-refractivity contribution in [3.63, 3.8) is 0 Å². The summed E-state index contributed by atoms with van der Waals surface area (Å²) in [5, 5.41) is 0.671. The molecule has 1 N–H and O–H groups in total. The highest BCUT2D eigenvalue weighted by molar-refractivity contribution is 14.1. The number of rotatable bonds is 3. The van der Waals surface area contributed by atoms with Crippen molar-refractivity contribution < 1.29 is 12.8 Å². The molecule has 0 saturated heterocycles. The van der Waals surface area contributed by atoms with E-state index < -0.39 is 15.8 Å². The summed E-state index contributed by atoms with van der Waals surface area (Å²) in [6.45, 7) is 1.73. The number of halogens is 2. The number of nitrogens with one attached hydrogen (secondary N) is 1. The van der Waals surface area contributed by atoms with Crippen LogP contribution in [-0.2, 0) is 10.0 Å². The topological polar surface area (TPSA) is 59.1 Å². The molecule has 1 aromatic heterocycles. The zero-order valence-corrected chi connectivity index (χ0v) is 12.9. The summed E-state index contributed by atoms with van der Waals surface area (Å²) in [7, 11) is -3.65. The van der Waals surface area contributed by atoms with Gasteiger partial charge in [0.2, 0.25) is 0 Å². The van der Waals surface area contributed by atoms with E-state index in [0.29, 0.717) is 14.3 Å². The van der Waals surface area contributed by atoms with Gasteiger partial charge in [-0.15, -0.1) is 11.3 Å². The van der Waals surface area contributed by atoms with Crippen LogP contribution in [0.25, 0.3) is 0 Å². The predicted octanol–water partition coefficient (Wildman–Crippen LogP) is 3.00. The first-order valence-electron chi connectivity index (χ1n) is 4.79. The zero-order valence-electron chi connectivity index (χ0n) is 9.15. The van der Waals surface area contributed by atoms with Crippen LogP contribution in [0.2, 0.25) is 0 Å². The first kappa shape index (κ1) is 13.7. The van der Waals surface area contributed by atoms with Gasteiger partial charge in [0.15, 0.2) is 4.21 Å². The van der Waals surface area contributed by atoms with Gasteiger partial charge in [-0.25, -0.2) is 17.8 Å². The van der Waals surface area contributed by atoms with Crippen LogP contribution in [0, 0.1) is 16.3 Å². The van der Waals surface area contributed by atoms with Crippen LogP contribution in [0.3, 0.4) is 0 Å². The van der Waals surface area contributed by atoms with Crippen molar-refractivity contribution in [2.75, 3.05) is 4.72 Å². The standard InChI is InChI=1S/C10H8FIN2O2S2/c1-6-13-5-10(17-6)18(15,16)14-9-3-2-7(11)4-8(9)12/h2-5,14H,1H3. The molecule has 0 amide bonds. The third-order valence-corrected chi connectivity index (χ3v) is 5.67. The van der Waals surface area contributed by atoms with Gasteiger partial charge in [-0.2, -0.15) is 0 Å². The molecule has 0 saturated carbocycles. The van der Waals surface area contributed by atoms with Gasteiger partial charge in [0.05, 0.1) is 16.9 Å². The van der Waals surface area contributed by atoms with E-state index in [4.69, 9.17) is 0 Å². The molecule has 0 aliphatic carbocycles. The van der Waals surface area contributed by atoms with E-state index in [1.54, 1.807) is 6.92 Å². The lowest BCUT2D eigenvalue weighted by Crippen LogP contribution is -2.12. The highest BCUT2D eigenvalue weighted by Gasteiger charge is 2.18. The minimum absolute atomic E-state index is 0.139. The smallest absolute Gasteiger partial charge is 0.273 e. The Labute approximate surface area is 121 Å². The average molecular weight is 398 g/mol. The van der Waals surface area contributed by atoms with Crippen molar-refractivity contribution in [3.05, 3.63) is 38.8 Å². The van der Waals surface area contributed by atoms with E-state index in [9.17, 15) is 12.8 Å². The second-order valence-corrected chi connectivity index (χ2v) is 7.73. The summed E-state index contributed by atoms with van der Waals surface area (Å²) in [5.74, 6) is -0.406. The molecule has 1 aromatic carbocycles. The van der Waals surface area contributed by atoms with Crippen LogP contribution in [0.15, 0.2) is 28.6 Å². The van der Waals surface area contributed by atoms with E-state index >= 15 is 0 Å². The highest BCUT2D eigenvalue weighted by atomic mass is 127. The largest absolute Gasteiger partial charge is 0.278 e. The zero-order chi connectivity index (χ0) is 13.3. The molecule has 8 heteroatoms. The number of thiazole rings is 1. The molecule has 0 fully saturated rings.